The van der Waals surface area contributed by atoms with Gasteiger partial charge < -0.3 is 5.32 Å². The molecule has 1 amide bonds. The van der Waals surface area contributed by atoms with Crippen molar-refractivity contribution in [3.8, 4) is 23.6 Å². The molecule has 1 aromatic heterocycles. The first kappa shape index (κ1) is 18.1. The van der Waals surface area contributed by atoms with Gasteiger partial charge in [-0.1, -0.05) is 31.9 Å². The normalized spacial score (nSPS) is 21.8. The molecule has 2 aromatic rings. The number of terminal acetylenes is 1. The molecule has 3 rings (SSSR count). The lowest BCUT2D eigenvalue weighted by Gasteiger charge is -2.39. The Hall–Kier alpha value is -2.74. The van der Waals surface area contributed by atoms with Gasteiger partial charge in [0.2, 0.25) is 5.91 Å². The van der Waals surface area contributed by atoms with Gasteiger partial charge in [-0.25, -0.2) is 4.39 Å². The molecule has 134 valence electrons. The van der Waals surface area contributed by atoms with Crippen molar-refractivity contribution in [3.05, 3.63) is 47.4 Å². The van der Waals surface area contributed by atoms with Crippen LogP contribution in [0.5, 0.6) is 0 Å². The molecule has 0 spiro atoms. The van der Waals surface area contributed by atoms with Crippen LogP contribution in [0, 0.1) is 24.1 Å². The number of benzene rings is 1. The third kappa shape index (κ3) is 3.08. The van der Waals surface area contributed by atoms with E-state index < -0.39 is 5.54 Å². The molecule has 1 heterocycles. The average Bonchev–Trinajstić information content (AvgIpc) is 2.61. The molecule has 1 aromatic carbocycles. The number of nitrogens with one attached hydrogen (secondary N) is 1. The van der Waals surface area contributed by atoms with Crippen LogP contribution in [-0.4, -0.2) is 16.1 Å². The summed E-state index contributed by atoms with van der Waals surface area (Å²) in [7, 11) is 0. The molecule has 0 bridgehead atoms. The molecule has 5 heteroatoms. The van der Waals surface area contributed by atoms with Gasteiger partial charge in [-0.3, -0.25) is 4.79 Å². The van der Waals surface area contributed by atoms with E-state index in [4.69, 9.17) is 6.42 Å². The Balaban J connectivity index is 2.19. The fourth-order valence-electron chi connectivity index (χ4n) is 3.76. The van der Waals surface area contributed by atoms with Crippen molar-refractivity contribution in [2.75, 3.05) is 0 Å². The van der Waals surface area contributed by atoms with Gasteiger partial charge in [-0.2, -0.15) is 10.2 Å². The number of hydrogen-bond donors (Lipinski definition) is 1. The van der Waals surface area contributed by atoms with Crippen molar-refractivity contribution in [2.24, 2.45) is 5.92 Å². The van der Waals surface area contributed by atoms with Gasteiger partial charge in [0, 0.05) is 12.5 Å². The molecule has 1 aliphatic carbocycles. The molecular formula is C21H22FN3O. The first-order chi connectivity index (χ1) is 12.4. The first-order valence-corrected chi connectivity index (χ1v) is 8.77. The van der Waals surface area contributed by atoms with Crippen molar-refractivity contribution in [2.45, 2.75) is 45.1 Å². The molecular weight excluding hydrogens is 329 g/mol. The minimum Gasteiger partial charge on any atom is -0.335 e. The van der Waals surface area contributed by atoms with E-state index in [2.05, 4.69) is 35.3 Å². The minimum absolute atomic E-state index is 0.211. The lowest BCUT2D eigenvalue weighted by atomic mass is 9.71. The van der Waals surface area contributed by atoms with Crippen LogP contribution in [0.1, 0.15) is 50.8 Å². The summed E-state index contributed by atoms with van der Waals surface area (Å²) in [5.41, 5.74) is 1.45. The first-order valence-electron chi connectivity index (χ1n) is 8.77. The second-order valence-corrected chi connectivity index (χ2v) is 7.13. The van der Waals surface area contributed by atoms with Crippen molar-refractivity contribution in [1.29, 1.82) is 0 Å². The number of aromatic nitrogens is 2. The van der Waals surface area contributed by atoms with Crippen LogP contribution in [0.2, 0.25) is 0 Å². The van der Waals surface area contributed by atoms with Crippen LogP contribution < -0.4 is 5.32 Å². The highest BCUT2D eigenvalue weighted by atomic mass is 19.1. The molecule has 1 aliphatic rings. The van der Waals surface area contributed by atoms with Crippen molar-refractivity contribution in [1.82, 2.24) is 15.5 Å². The molecule has 2 unspecified atom stereocenters. The largest absolute Gasteiger partial charge is 0.335 e. The lowest BCUT2D eigenvalue weighted by molar-refractivity contribution is -0.120. The zero-order valence-electron chi connectivity index (χ0n) is 15.2. The number of carbonyl (C=O) groups excluding carboxylic acids is 1. The highest BCUT2D eigenvalue weighted by Gasteiger charge is 2.42. The van der Waals surface area contributed by atoms with Crippen LogP contribution in [-0.2, 0) is 10.3 Å². The molecule has 26 heavy (non-hydrogen) atoms. The third-order valence-electron chi connectivity index (χ3n) is 5.05. The van der Waals surface area contributed by atoms with E-state index >= 15 is 0 Å². The van der Waals surface area contributed by atoms with Crippen molar-refractivity contribution >= 4 is 5.91 Å². The molecule has 0 fully saturated rings. The van der Waals surface area contributed by atoms with Crippen molar-refractivity contribution < 1.29 is 9.18 Å². The summed E-state index contributed by atoms with van der Waals surface area (Å²) in [6.07, 6.45) is 7.22. The van der Waals surface area contributed by atoms with Crippen LogP contribution in [0.4, 0.5) is 4.39 Å². The summed E-state index contributed by atoms with van der Waals surface area (Å²) in [6.45, 7) is 5.71. The maximum absolute atomic E-state index is 14.2. The molecule has 0 radical (unpaired) electrons. The maximum atomic E-state index is 14.2. The number of hydrogen-bond acceptors (Lipinski definition) is 3. The summed E-state index contributed by atoms with van der Waals surface area (Å²) >= 11 is 0. The van der Waals surface area contributed by atoms with E-state index in [0.29, 0.717) is 29.3 Å². The van der Waals surface area contributed by atoms with Crippen LogP contribution in [0.25, 0.3) is 11.3 Å². The number of amides is 1. The summed E-state index contributed by atoms with van der Waals surface area (Å²) in [6, 6.07) is 8.36. The van der Waals surface area contributed by atoms with E-state index in [-0.39, 0.29) is 17.6 Å². The fourth-order valence-corrected chi connectivity index (χ4v) is 3.76. The van der Waals surface area contributed by atoms with Crippen LogP contribution in [0.15, 0.2) is 30.3 Å². The molecule has 2 atom stereocenters. The molecule has 0 aliphatic heterocycles. The van der Waals surface area contributed by atoms with Gasteiger partial charge in [0.15, 0.2) is 0 Å². The van der Waals surface area contributed by atoms with E-state index in [1.807, 2.05) is 6.07 Å². The van der Waals surface area contributed by atoms with Crippen LogP contribution in [0.3, 0.4) is 0 Å². The Kier molecular flexibility index (Phi) is 4.78. The van der Waals surface area contributed by atoms with E-state index in [1.165, 1.54) is 13.0 Å². The average molecular weight is 351 g/mol. The predicted octanol–water partition coefficient (Wildman–Crippen LogP) is 3.78. The standard InChI is InChI=1S/C21H22FN3O/c1-5-21(23-14(4)26)11-10-15(13(2)3)17-12-19(24-25-20(17)21)16-8-6-7-9-18(16)22/h1,6-9,12-13,15H,10-11H2,2-4H3,(H,23,26). The maximum Gasteiger partial charge on any atom is 0.218 e. The Morgan fingerprint density at radius 1 is 1.38 bits per heavy atom. The summed E-state index contributed by atoms with van der Waals surface area (Å²) < 4.78 is 14.2. The van der Waals surface area contributed by atoms with Gasteiger partial charge in [-0.05, 0) is 48.4 Å². The van der Waals surface area contributed by atoms with Gasteiger partial charge in [0.1, 0.15) is 17.1 Å². The highest BCUT2D eigenvalue weighted by Crippen LogP contribution is 2.44. The van der Waals surface area contributed by atoms with Gasteiger partial charge in [0.05, 0.1) is 5.69 Å². The monoisotopic (exact) mass is 351 g/mol. The van der Waals surface area contributed by atoms with E-state index in [1.54, 1.807) is 18.2 Å². The Labute approximate surface area is 153 Å². The summed E-state index contributed by atoms with van der Waals surface area (Å²) in [4.78, 5) is 11.7. The number of halogens is 1. The second-order valence-electron chi connectivity index (χ2n) is 7.13. The third-order valence-corrected chi connectivity index (χ3v) is 5.05. The second kappa shape index (κ2) is 6.87. The Bertz CT molecular complexity index is 887. The van der Waals surface area contributed by atoms with Crippen molar-refractivity contribution in [3.63, 3.8) is 0 Å². The SMILES string of the molecule is C#CC1(NC(C)=O)CCC(C(C)C)c2cc(-c3ccccc3F)nnc21. The summed E-state index contributed by atoms with van der Waals surface area (Å²) in [5, 5.41) is 11.5. The highest BCUT2D eigenvalue weighted by molar-refractivity contribution is 5.75. The molecule has 0 saturated carbocycles. The molecule has 4 nitrogen and oxygen atoms in total. The van der Waals surface area contributed by atoms with E-state index in [9.17, 15) is 9.18 Å². The quantitative estimate of drug-likeness (QED) is 0.856. The predicted molar refractivity (Wildman–Crippen MR) is 98.6 cm³/mol. The summed E-state index contributed by atoms with van der Waals surface area (Å²) in [5.74, 6) is 2.76. The lowest BCUT2D eigenvalue weighted by Crippen LogP contribution is -2.48. The smallest absolute Gasteiger partial charge is 0.218 e. The molecule has 0 saturated heterocycles. The number of nitrogens with zero attached hydrogens (tertiary/aromatic N) is 2. The van der Waals surface area contributed by atoms with Gasteiger partial charge in [-0.15, -0.1) is 6.42 Å². The topological polar surface area (TPSA) is 54.9 Å². The number of fused-ring (bicyclic) bond motifs is 1. The number of rotatable bonds is 3. The number of carbonyl (C=O) groups is 1. The molecule has 1 N–H and O–H groups in total. The van der Waals surface area contributed by atoms with E-state index in [0.717, 1.165) is 12.0 Å². The zero-order chi connectivity index (χ0) is 18.9. The Morgan fingerprint density at radius 3 is 2.73 bits per heavy atom. The fraction of sp³-hybridized carbons (Fsp3) is 0.381. The van der Waals surface area contributed by atoms with Gasteiger partial charge in [0.25, 0.3) is 0 Å². The zero-order valence-corrected chi connectivity index (χ0v) is 15.2. The minimum atomic E-state index is -0.965. The van der Waals surface area contributed by atoms with Crippen LogP contribution >= 0.6 is 0 Å². The Morgan fingerprint density at radius 2 is 2.12 bits per heavy atom. The van der Waals surface area contributed by atoms with Gasteiger partial charge >= 0.3 is 0 Å².